The third-order valence-electron chi connectivity index (χ3n) is 3.27. The summed E-state index contributed by atoms with van der Waals surface area (Å²) in [6.07, 6.45) is -4.97. The molecule has 1 aromatic rings. The SMILES string of the molecule is O=C(O)C(F)(F)F.O=C(O)CCC1OCCN[C@H]1OCc1ccccc1. The number of carboxylic acids is 2. The predicted molar refractivity (Wildman–Crippen MR) is 83.3 cm³/mol. The molecule has 0 spiro atoms. The Bertz CT molecular complexity index is 567. The molecule has 1 fully saturated rings. The number of rotatable bonds is 6. The van der Waals surface area contributed by atoms with Gasteiger partial charge in [0.05, 0.1) is 19.3 Å². The number of carbonyl (C=O) groups is 2. The largest absolute Gasteiger partial charge is 0.490 e. The molecule has 3 N–H and O–H groups in total. The first-order chi connectivity index (χ1) is 12.2. The fraction of sp³-hybridized carbons (Fsp3) is 0.500. The molecule has 0 aromatic heterocycles. The molecule has 1 heterocycles. The van der Waals surface area contributed by atoms with Crippen molar-refractivity contribution in [1.82, 2.24) is 5.32 Å². The van der Waals surface area contributed by atoms with Crippen LogP contribution in [0.3, 0.4) is 0 Å². The highest BCUT2D eigenvalue weighted by molar-refractivity contribution is 5.73. The van der Waals surface area contributed by atoms with Gasteiger partial charge in [0.25, 0.3) is 0 Å². The van der Waals surface area contributed by atoms with Crippen LogP contribution in [0.15, 0.2) is 30.3 Å². The lowest BCUT2D eigenvalue weighted by atomic mass is 10.1. The number of hydrogen-bond donors (Lipinski definition) is 3. The first-order valence-electron chi connectivity index (χ1n) is 7.72. The number of nitrogens with one attached hydrogen (secondary N) is 1. The maximum Gasteiger partial charge on any atom is 0.490 e. The second kappa shape index (κ2) is 10.7. The smallest absolute Gasteiger partial charge is 0.481 e. The Balaban J connectivity index is 0.000000412. The molecule has 0 aliphatic carbocycles. The molecule has 0 bridgehead atoms. The van der Waals surface area contributed by atoms with Crippen LogP contribution in [0.4, 0.5) is 13.2 Å². The molecule has 146 valence electrons. The standard InChI is InChI=1S/C14H19NO4.C2HF3O2/c16-13(17)7-6-12-14(15-8-9-18-12)19-10-11-4-2-1-3-5-11;3-2(4,5)1(6)7/h1-5,12,14-15H,6-10H2,(H,16,17);(H,6,7)/t12?,14-;/m0./s1. The lowest BCUT2D eigenvalue weighted by molar-refractivity contribution is -0.192. The first kappa shape index (κ1) is 21.9. The Morgan fingerprint density at radius 1 is 1.23 bits per heavy atom. The van der Waals surface area contributed by atoms with Gasteiger partial charge in [-0.05, 0) is 12.0 Å². The fourth-order valence-corrected chi connectivity index (χ4v) is 2.06. The number of carboxylic acid groups (broad SMARTS) is 2. The summed E-state index contributed by atoms with van der Waals surface area (Å²) < 4.78 is 43.1. The zero-order chi connectivity index (χ0) is 19.6. The van der Waals surface area contributed by atoms with Crippen LogP contribution in [0.25, 0.3) is 0 Å². The van der Waals surface area contributed by atoms with Crippen LogP contribution in [0.2, 0.25) is 0 Å². The summed E-state index contributed by atoms with van der Waals surface area (Å²) in [4.78, 5) is 19.5. The lowest BCUT2D eigenvalue weighted by Gasteiger charge is -2.32. The topological polar surface area (TPSA) is 105 Å². The molecule has 1 aromatic carbocycles. The minimum Gasteiger partial charge on any atom is -0.481 e. The molecular weight excluding hydrogens is 359 g/mol. The summed E-state index contributed by atoms with van der Waals surface area (Å²) in [6.45, 7) is 1.81. The molecule has 0 amide bonds. The number of aliphatic carboxylic acids is 2. The van der Waals surface area contributed by atoms with Gasteiger partial charge in [-0.25, -0.2) is 4.79 Å². The summed E-state index contributed by atoms with van der Waals surface area (Å²) in [7, 11) is 0. The van der Waals surface area contributed by atoms with E-state index >= 15 is 0 Å². The summed E-state index contributed by atoms with van der Waals surface area (Å²) in [5, 5.41) is 19.1. The Labute approximate surface area is 147 Å². The van der Waals surface area contributed by atoms with Crippen molar-refractivity contribution in [3.05, 3.63) is 35.9 Å². The first-order valence-corrected chi connectivity index (χ1v) is 7.72. The van der Waals surface area contributed by atoms with Gasteiger partial charge in [-0.1, -0.05) is 30.3 Å². The summed E-state index contributed by atoms with van der Waals surface area (Å²) in [5.74, 6) is -3.57. The molecule has 2 rings (SSSR count). The molecule has 2 atom stereocenters. The highest BCUT2D eigenvalue weighted by atomic mass is 19.4. The van der Waals surface area contributed by atoms with Gasteiger partial charge in [0.15, 0.2) is 0 Å². The van der Waals surface area contributed by atoms with Crippen LogP contribution >= 0.6 is 0 Å². The van der Waals surface area contributed by atoms with Gasteiger partial charge in [-0.15, -0.1) is 0 Å². The monoisotopic (exact) mass is 379 g/mol. The van der Waals surface area contributed by atoms with E-state index in [9.17, 15) is 18.0 Å². The van der Waals surface area contributed by atoms with E-state index < -0.39 is 18.1 Å². The molecule has 26 heavy (non-hydrogen) atoms. The zero-order valence-corrected chi connectivity index (χ0v) is 13.7. The van der Waals surface area contributed by atoms with Gasteiger partial charge in [0.2, 0.25) is 0 Å². The second-order valence-electron chi connectivity index (χ2n) is 5.32. The van der Waals surface area contributed by atoms with E-state index in [0.29, 0.717) is 19.6 Å². The fourth-order valence-electron chi connectivity index (χ4n) is 2.06. The van der Waals surface area contributed by atoms with Gasteiger partial charge in [-0.2, -0.15) is 13.2 Å². The van der Waals surface area contributed by atoms with Crippen molar-refractivity contribution >= 4 is 11.9 Å². The van der Waals surface area contributed by atoms with Crippen molar-refractivity contribution in [2.75, 3.05) is 13.2 Å². The molecule has 1 saturated heterocycles. The van der Waals surface area contributed by atoms with Gasteiger partial charge in [0.1, 0.15) is 6.23 Å². The lowest BCUT2D eigenvalue weighted by Crippen LogP contribution is -2.49. The van der Waals surface area contributed by atoms with Crippen LogP contribution in [0.1, 0.15) is 18.4 Å². The van der Waals surface area contributed by atoms with Gasteiger partial charge < -0.3 is 19.7 Å². The minimum absolute atomic E-state index is 0.0948. The summed E-state index contributed by atoms with van der Waals surface area (Å²) in [5.41, 5.74) is 1.09. The van der Waals surface area contributed by atoms with E-state index in [1.54, 1.807) is 0 Å². The normalized spacial score (nSPS) is 20.0. The Morgan fingerprint density at radius 2 is 1.85 bits per heavy atom. The van der Waals surface area contributed by atoms with Crippen molar-refractivity contribution in [2.45, 2.75) is 38.0 Å². The average molecular weight is 379 g/mol. The Kier molecular flexibility index (Phi) is 9.03. The van der Waals surface area contributed by atoms with Crippen LogP contribution in [0, 0.1) is 0 Å². The van der Waals surface area contributed by atoms with Crippen molar-refractivity contribution in [1.29, 1.82) is 0 Å². The van der Waals surface area contributed by atoms with Crippen LogP contribution < -0.4 is 5.32 Å². The van der Waals surface area contributed by atoms with Crippen LogP contribution in [0.5, 0.6) is 0 Å². The number of hydrogen-bond acceptors (Lipinski definition) is 5. The summed E-state index contributed by atoms with van der Waals surface area (Å²) in [6, 6.07) is 9.88. The van der Waals surface area contributed by atoms with Crippen LogP contribution in [-0.2, 0) is 25.7 Å². The minimum atomic E-state index is -5.08. The number of alkyl halides is 3. The van der Waals surface area contributed by atoms with E-state index in [1.807, 2.05) is 30.3 Å². The maximum absolute atomic E-state index is 10.6. The molecule has 10 heteroatoms. The number of ether oxygens (including phenoxy) is 2. The number of benzene rings is 1. The van der Waals surface area contributed by atoms with E-state index in [4.69, 9.17) is 24.5 Å². The number of morpholine rings is 1. The third-order valence-corrected chi connectivity index (χ3v) is 3.27. The van der Waals surface area contributed by atoms with Crippen molar-refractivity contribution in [3.8, 4) is 0 Å². The van der Waals surface area contributed by atoms with Gasteiger partial charge in [-0.3, -0.25) is 10.1 Å². The molecule has 7 nitrogen and oxygen atoms in total. The molecule has 0 radical (unpaired) electrons. The highest BCUT2D eigenvalue weighted by Gasteiger charge is 2.38. The number of halogens is 3. The molecular formula is C16H20F3NO6. The molecule has 1 unspecified atom stereocenters. The van der Waals surface area contributed by atoms with Crippen LogP contribution in [-0.4, -0.2) is 53.8 Å². The van der Waals surface area contributed by atoms with Gasteiger partial charge in [0, 0.05) is 13.0 Å². The molecule has 1 aliphatic rings. The van der Waals surface area contributed by atoms with Crippen molar-refractivity contribution in [2.24, 2.45) is 0 Å². The summed E-state index contributed by atoms with van der Waals surface area (Å²) >= 11 is 0. The Morgan fingerprint density at radius 3 is 2.38 bits per heavy atom. The van der Waals surface area contributed by atoms with E-state index in [-0.39, 0.29) is 18.8 Å². The second-order valence-corrected chi connectivity index (χ2v) is 5.32. The van der Waals surface area contributed by atoms with E-state index in [1.165, 1.54) is 0 Å². The zero-order valence-electron chi connectivity index (χ0n) is 13.7. The average Bonchev–Trinajstić information content (AvgIpc) is 2.59. The van der Waals surface area contributed by atoms with E-state index in [2.05, 4.69) is 5.32 Å². The van der Waals surface area contributed by atoms with Crippen molar-refractivity contribution in [3.63, 3.8) is 0 Å². The van der Waals surface area contributed by atoms with E-state index in [0.717, 1.165) is 12.1 Å². The predicted octanol–water partition coefficient (Wildman–Crippen LogP) is 2.02. The van der Waals surface area contributed by atoms with Crippen molar-refractivity contribution < 1.29 is 42.4 Å². The van der Waals surface area contributed by atoms with Gasteiger partial charge >= 0.3 is 18.1 Å². The maximum atomic E-state index is 10.6. The Hall–Kier alpha value is -2.17. The molecule has 1 aliphatic heterocycles. The third kappa shape index (κ3) is 8.79. The quantitative estimate of drug-likeness (QED) is 0.694. The highest BCUT2D eigenvalue weighted by Crippen LogP contribution is 2.14. The molecule has 0 saturated carbocycles.